The van der Waals surface area contributed by atoms with Crippen LogP contribution < -0.4 is 15.5 Å². The van der Waals surface area contributed by atoms with Gasteiger partial charge in [0.2, 0.25) is 0 Å². The standard InChI is InChI=1S/C19H26FN5S.HI/c1-2-21-18(23-13-15-6-5-7-16(20)12-15)22-9-8-17-14-26-19(24-17)25-10-3-4-11-25;/h5-7,12,14H,2-4,8-11,13H2,1H3,(H2,21,22,23);1H. The van der Waals surface area contributed by atoms with E-state index in [4.69, 9.17) is 4.98 Å². The fourth-order valence-electron chi connectivity index (χ4n) is 2.92. The molecule has 3 rings (SSSR count). The number of rotatable bonds is 7. The van der Waals surface area contributed by atoms with Crippen LogP contribution in [-0.2, 0) is 13.0 Å². The quantitative estimate of drug-likeness (QED) is 0.343. The average molecular weight is 503 g/mol. The molecule has 0 bridgehead atoms. The van der Waals surface area contributed by atoms with E-state index >= 15 is 0 Å². The van der Waals surface area contributed by atoms with E-state index in [0.717, 1.165) is 54.9 Å². The monoisotopic (exact) mass is 503 g/mol. The van der Waals surface area contributed by atoms with Crippen molar-refractivity contribution in [2.45, 2.75) is 32.7 Å². The van der Waals surface area contributed by atoms with Crippen molar-refractivity contribution in [3.8, 4) is 0 Å². The van der Waals surface area contributed by atoms with E-state index in [1.807, 2.05) is 13.0 Å². The van der Waals surface area contributed by atoms with Crippen LogP contribution in [0.25, 0.3) is 0 Å². The number of nitrogens with one attached hydrogen (secondary N) is 2. The van der Waals surface area contributed by atoms with Gasteiger partial charge in [0.1, 0.15) is 5.82 Å². The van der Waals surface area contributed by atoms with Crippen molar-refractivity contribution in [2.75, 3.05) is 31.1 Å². The van der Waals surface area contributed by atoms with Crippen LogP contribution in [0.3, 0.4) is 0 Å². The molecule has 2 N–H and O–H groups in total. The van der Waals surface area contributed by atoms with Crippen molar-refractivity contribution in [2.24, 2.45) is 4.99 Å². The Morgan fingerprint density at radius 1 is 1.30 bits per heavy atom. The molecule has 0 radical (unpaired) electrons. The van der Waals surface area contributed by atoms with Crippen molar-refractivity contribution < 1.29 is 4.39 Å². The van der Waals surface area contributed by atoms with Crippen LogP contribution in [0, 0.1) is 5.82 Å². The number of nitrogens with zero attached hydrogens (tertiary/aromatic N) is 3. The SMILES string of the molecule is CCNC(=NCc1cccc(F)c1)NCCc1csc(N2CCCC2)n1.I. The Hall–Kier alpha value is -1.42. The van der Waals surface area contributed by atoms with Crippen molar-refractivity contribution >= 4 is 46.4 Å². The summed E-state index contributed by atoms with van der Waals surface area (Å²) >= 11 is 1.73. The maximum Gasteiger partial charge on any atom is 0.191 e. The molecule has 1 aromatic heterocycles. The third kappa shape index (κ3) is 6.91. The number of hydrogen-bond acceptors (Lipinski definition) is 4. The highest BCUT2D eigenvalue weighted by molar-refractivity contribution is 14.0. The number of guanidine groups is 1. The summed E-state index contributed by atoms with van der Waals surface area (Å²) in [6.07, 6.45) is 3.39. The normalized spacial score (nSPS) is 14.1. The minimum absolute atomic E-state index is 0. The van der Waals surface area contributed by atoms with Crippen LogP contribution in [0.1, 0.15) is 31.0 Å². The van der Waals surface area contributed by atoms with Gasteiger partial charge in [0.05, 0.1) is 12.2 Å². The molecule has 27 heavy (non-hydrogen) atoms. The van der Waals surface area contributed by atoms with Crippen molar-refractivity contribution in [1.82, 2.24) is 15.6 Å². The third-order valence-corrected chi connectivity index (χ3v) is 5.19. The number of aliphatic imine (C=N–C) groups is 1. The first-order valence-corrected chi connectivity index (χ1v) is 10.1. The Bertz CT molecular complexity index is 730. The topological polar surface area (TPSA) is 52.6 Å². The van der Waals surface area contributed by atoms with Crippen molar-refractivity contribution in [3.63, 3.8) is 0 Å². The maximum absolute atomic E-state index is 13.3. The van der Waals surface area contributed by atoms with E-state index in [1.165, 1.54) is 25.0 Å². The molecule has 0 aliphatic carbocycles. The molecule has 5 nitrogen and oxygen atoms in total. The molecule has 2 heterocycles. The van der Waals surface area contributed by atoms with Gasteiger partial charge in [-0.25, -0.2) is 14.4 Å². The molecule has 1 aliphatic heterocycles. The molecule has 0 amide bonds. The van der Waals surface area contributed by atoms with Crippen molar-refractivity contribution in [1.29, 1.82) is 0 Å². The van der Waals surface area contributed by atoms with Gasteiger partial charge < -0.3 is 15.5 Å². The van der Waals surface area contributed by atoms with Crippen molar-refractivity contribution in [3.05, 3.63) is 46.7 Å². The Labute approximate surface area is 181 Å². The van der Waals surface area contributed by atoms with Crippen LogP contribution in [0.5, 0.6) is 0 Å². The average Bonchev–Trinajstić information content (AvgIpc) is 3.31. The molecular weight excluding hydrogens is 476 g/mol. The molecule has 1 fully saturated rings. The first-order valence-electron chi connectivity index (χ1n) is 9.20. The first kappa shape index (κ1) is 21.9. The fourth-order valence-corrected chi connectivity index (χ4v) is 3.83. The van der Waals surface area contributed by atoms with Gasteiger partial charge in [-0.2, -0.15) is 0 Å². The Morgan fingerprint density at radius 2 is 2.11 bits per heavy atom. The molecule has 1 aromatic carbocycles. The zero-order valence-corrected chi connectivity index (χ0v) is 18.7. The van der Waals surface area contributed by atoms with Gasteiger partial charge in [-0.3, -0.25) is 0 Å². The van der Waals surface area contributed by atoms with E-state index in [9.17, 15) is 4.39 Å². The Morgan fingerprint density at radius 3 is 2.85 bits per heavy atom. The molecule has 1 aliphatic rings. The highest BCUT2D eigenvalue weighted by atomic mass is 127. The summed E-state index contributed by atoms with van der Waals surface area (Å²) < 4.78 is 13.3. The van der Waals surface area contributed by atoms with Gasteiger partial charge in [-0.05, 0) is 37.5 Å². The van der Waals surface area contributed by atoms with E-state index in [0.29, 0.717) is 6.54 Å². The van der Waals surface area contributed by atoms with Gasteiger partial charge in [0, 0.05) is 38.0 Å². The molecule has 2 aromatic rings. The summed E-state index contributed by atoms with van der Waals surface area (Å²) in [6, 6.07) is 6.55. The minimum atomic E-state index is -0.229. The van der Waals surface area contributed by atoms with E-state index in [1.54, 1.807) is 17.4 Å². The molecule has 0 spiro atoms. The lowest BCUT2D eigenvalue weighted by Crippen LogP contribution is -2.38. The summed E-state index contributed by atoms with van der Waals surface area (Å²) in [6.45, 7) is 6.28. The summed E-state index contributed by atoms with van der Waals surface area (Å²) in [5, 5.41) is 9.84. The van der Waals surface area contributed by atoms with Gasteiger partial charge >= 0.3 is 0 Å². The summed E-state index contributed by atoms with van der Waals surface area (Å²) in [7, 11) is 0. The number of thiazole rings is 1. The second-order valence-corrected chi connectivity index (χ2v) is 7.15. The van der Waals surface area contributed by atoms with E-state index in [2.05, 4.69) is 25.9 Å². The number of halogens is 2. The lowest BCUT2D eigenvalue weighted by molar-refractivity contribution is 0.625. The Balaban J connectivity index is 0.00000261. The second kappa shape index (κ2) is 11.4. The number of benzene rings is 1. The van der Waals surface area contributed by atoms with Gasteiger partial charge in [-0.1, -0.05) is 12.1 Å². The minimum Gasteiger partial charge on any atom is -0.357 e. The molecule has 8 heteroatoms. The summed E-state index contributed by atoms with van der Waals surface area (Å²) in [5.74, 6) is 0.514. The number of anilines is 1. The van der Waals surface area contributed by atoms with Gasteiger partial charge in [0.25, 0.3) is 0 Å². The van der Waals surface area contributed by atoms with Gasteiger partial charge in [0.15, 0.2) is 11.1 Å². The zero-order valence-electron chi connectivity index (χ0n) is 15.6. The predicted molar refractivity (Wildman–Crippen MR) is 122 cm³/mol. The van der Waals surface area contributed by atoms with Crippen LogP contribution in [0.4, 0.5) is 9.52 Å². The smallest absolute Gasteiger partial charge is 0.191 e. The number of aromatic nitrogens is 1. The van der Waals surface area contributed by atoms with Gasteiger partial charge in [-0.15, -0.1) is 35.3 Å². The van der Waals surface area contributed by atoms with Crippen LogP contribution >= 0.6 is 35.3 Å². The zero-order chi connectivity index (χ0) is 18.2. The van der Waals surface area contributed by atoms with Crippen LogP contribution in [-0.4, -0.2) is 37.1 Å². The van der Waals surface area contributed by atoms with E-state index in [-0.39, 0.29) is 29.8 Å². The first-order chi connectivity index (χ1) is 12.7. The molecule has 0 saturated carbocycles. The molecule has 0 atom stereocenters. The lowest BCUT2D eigenvalue weighted by Gasteiger charge is -2.12. The third-order valence-electron chi connectivity index (χ3n) is 4.24. The second-order valence-electron chi connectivity index (χ2n) is 6.32. The lowest BCUT2D eigenvalue weighted by atomic mass is 10.2. The Kier molecular flexibility index (Phi) is 9.26. The highest BCUT2D eigenvalue weighted by Crippen LogP contribution is 2.24. The number of hydrogen-bond donors (Lipinski definition) is 2. The van der Waals surface area contributed by atoms with Crippen LogP contribution in [0.2, 0.25) is 0 Å². The summed E-state index contributed by atoms with van der Waals surface area (Å²) in [4.78, 5) is 11.6. The maximum atomic E-state index is 13.3. The largest absolute Gasteiger partial charge is 0.357 e. The molecule has 1 saturated heterocycles. The fraction of sp³-hybridized carbons (Fsp3) is 0.474. The molecular formula is C19H27FIN5S. The summed E-state index contributed by atoms with van der Waals surface area (Å²) in [5.41, 5.74) is 1.97. The van der Waals surface area contributed by atoms with E-state index < -0.39 is 0 Å². The molecule has 0 unspecified atom stereocenters. The predicted octanol–water partition coefficient (Wildman–Crippen LogP) is 3.80. The van der Waals surface area contributed by atoms with Crippen LogP contribution in [0.15, 0.2) is 34.6 Å². The molecule has 148 valence electrons. The highest BCUT2D eigenvalue weighted by Gasteiger charge is 2.15.